The number of halogens is 1. The van der Waals surface area contributed by atoms with Crippen LogP contribution in [-0.4, -0.2) is 78.9 Å². The minimum Gasteiger partial charge on any atom is -0.357 e. The first-order chi connectivity index (χ1) is 14.1. The SMILES string of the molecule is CCNC(=NCc1cc(C#N)ccc1F)N1CCN(CC(=O)N2CCCC2)CC1. The van der Waals surface area contributed by atoms with E-state index in [0.717, 1.165) is 58.1 Å². The molecule has 2 saturated heterocycles. The normalized spacial score (nSPS) is 18.0. The Morgan fingerprint density at radius 1 is 1.17 bits per heavy atom. The fourth-order valence-electron chi connectivity index (χ4n) is 3.73. The number of nitrogens with zero attached hydrogens (tertiary/aromatic N) is 5. The number of benzene rings is 1. The van der Waals surface area contributed by atoms with Crippen LogP contribution in [0.1, 0.15) is 30.9 Å². The van der Waals surface area contributed by atoms with Crippen LogP contribution in [0, 0.1) is 17.1 Å². The summed E-state index contributed by atoms with van der Waals surface area (Å²) in [6, 6.07) is 6.36. The smallest absolute Gasteiger partial charge is 0.236 e. The fraction of sp³-hybridized carbons (Fsp3) is 0.571. The summed E-state index contributed by atoms with van der Waals surface area (Å²) in [5.74, 6) is 0.609. The number of hydrogen-bond acceptors (Lipinski definition) is 4. The highest BCUT2D eigenvalue weighted by Crippen LogP contribution is 2.13. The monoisotopic (exact) mass is 400 g/mol. The van der Waals surface area contributed by atoms with E-state index in [1.54, 1.807) is 6.07 Å². The predicted octanol–water partition coefficient (Wildman–Crippen LogP) is 1.40. The number of nitrogens with one attached hydrogen (secondary N) is 1. The summed E-state index contributed by atoms with van der Waals surface area (Å²) >= 11 is 0. The Kier molecular flexibility index (Phi) is 7.42. The van der Waals surface area contributed by atoms with Gasteiger partial charge in [0.05, 0.1) is 24.7 Å². The van der Waals surface area contributed by atoms with Gasteiger partial charge in [0, 0.05) is 51.4 Å². The molecule has 0 radical (unpaired) electrons. The maximum atomic E-state index is 14.0. The summed E-state index contributed by atoms with van der Waals surface area (Å²) in [6.45, 7) is 8.26. The van der Waals surface area contributed by atoms with Crippen LogP contribution < -0.4 is 5.32 Å². The molecule has 0 aliphatic carbocycles. The van der Waals surface area contributed by atoms with Crippen LogP contribution in [0.5, 0.6) is 0 Å². The second-order valence-electron chi connectivity index (χ2n) is 7.44. The Bertz CT molecular complexity index is 776. The van der Waals surface area contributed by atoms with Crippen LogP contribution in [0.4, 0.5) is 4.39 Å². The first-order valence-electron chi connectivity index (χ1n) is 10.3. The number of carbonyl (C=O) groups is 1. The average Bonchev–Trinajstić information content (AvgIpc) is 3.28. The van der Waals surface area contributed by atoms with Crippen molar-refractivity contribution in [3.05, 3.63) is 35.1 Å². The maximum Gasteiger partial charge on any atom is 0.236 e. The molecule has 0 aromatic heterocycles. The molecular formula is C21H29FN6O. The maximum absolute atomic E-state index is 14.0. The number of amides is 1. The van der Waals surface area contributed by atoms with Gasteiger partial charge in [0.2, 0.25) is 5.91 Å². The summed E-state index contributed by atoms with van der Waals surface area (Å²) in [4.78, 5) is 23.2. The summed E-state index contributed by atoms with van der Waals surface area (Å²) in [6.07, 6.45) is 2.22. The van der Waals surface area contributed by atoms with E-state index in [1.165, 1.54) is 12.1 Å². The molecule has 8 heteroatoms. The van der Waals surface area contributed by atoms with Crippen LogP contribution in [0.25, 0.3) is 0 Å². The van der Waals surface area contributed by atoms with E-state index in [4.69, 9.17) is 5.26 Å². The number of piperazine rings is 1. The zero-order valence-electron chi connectivity index (χ0n) is 17.0. The number of carbonyl (C=O) groups excluding carboxylic acids is 1. The zero-order chi connectivity index (χ0) is 20.6. The molecule has 1 amide bonds. The molecule has 1 N–H and O–H groups in total. The molecular weight excluding hydrogens is 371 g/mol. The third kappa shape index (κ3) is 5.67. The lowest BCUT2D eigenvalue weighted by Crippen LogP contribution is -2.54. The van der Waals surface area contributed by atoms with Crippen molar-refractivity contribution in [2.75, 3.05) is 52.4 Å². The third-order valence-corrected chi connectivity index (χ3v) is 5.40. The van der Waals surface area contributed by atoms with Crippen molar-refractivity contribution in [3.63, 3.8) is 0 Å². The quantitative estimate of drug-likeness (QED) is 0.597. The highest BCUT2D eigenvalue weighted by molar-refractivity contribution is 5.80. The van der Waals surface area contributed by atoms with Crippen molar-refractivity contribution in [2.45, 2.75) is 26.3 Å². The lowest BCUT2D eigenvalue weighted by atomic mass is 10.1. The van der Waals surface area contributed by atoms with Crippen LogP contribution >= 0.6 is 0 Å². The standard InChI is InChI=1S/C21H29FN6O/c1-2-24-21(25-15-18-13-17(14-23)5-6-19(18)22)28-11-9-26(10-12-28)16-20(29)27-7-3-4-8-27/h5-6,13H,2-4,7-12,15-16H2,1H3,(H,24,25). The van der Waals surface area contributed by atoms with Crippen LogP contribution in [0.15, 0.2) is 23.2 Å². The number of nitriles is 1. The molecule has 3 rings (SSSR count). The Balaban J connectivity index is 1.57. The van der Waals surface area contributed by atoms with Gasteiger partial charge < -0.3 is 15.1 Å². The molecule has 1 aromatic rings. The average molecular weight is 401 g/mol. The number of guanidine groups is 1. The molecule has 0 unspecified atom stereocenters. The van der Waals surface area contributed by atoms with E-state index < -0.39 is 0 Å². The molecule has 2 fully saturated rings. The van der Waals surface area contributed by atoms with Gasteiger partial charge in [0.25, 0.3) is 0 Å². The van der Waals surface area contributed by atoms with Crippen molar-refractivity contribution >= 4 is 11.9 Å². The van der Waals surface area contributed by atoms with Crippen LogP contribution in [0.3, 0.4) is 0 Å². The second kappa shape index (κ2) is 10.2. The van der Waals surface area contributed by atoms with Gasteiger partial charge in [-0.2, -0.15) is 5.26 Å². The molecule has 0 atom stereocenters. The lowest BCUT2D eigenvalue weighted by Gasteiger charge is -2.36. The zero-order valence-corrected chi connectivity index (χ0v) is 17.0. The Morgan fingerprint density at radius 3 is 2.55 bits per heavy atom. The van der Waals surface area contributed by atoms with Gasteiger partial charge in [-0.3, -0.25) is 9.69 Å². The minimum absolute atomic E-state index is 0.178. The van der Waals surface area contributed by atoms with Gasteiger partial charge in [-0.1, -0.05) is 0 Å². The van der Waals surface area contributed by atoms with Gasteiger partial charge in [-0.25, -0.2) is 9.38 Å². The Hall–Kier alpha value is -2.66. The van der Waals surface area contributed by atoms with Gasteiger partial charge in [0.1, 0.15) is 5.82 Å². The number of aliphatic imine (C=N–C) groups is 1. The van der Waals surface area contributed by atoms with E-state index in [9.17, 15) is 9.18 Å². The van der Waals surface area contributed by atoms with Crippen LogP contribution in [-0.2, 0) is 11.3 Å². The highest BCUT2D eigenvalue weighted by Gasteiger charge is 2.24. The molecule has 29 heavy (non-hydrogen) atoms. The lowest BCUT2D eigenvalue weighted by molar-refractivity contribution is -0.131. The van der Waals surface area contributed by atoms with E-state index in [-0.39, 0.29) is 18.3 Å². The molecule has 7 nitrogen and oxygen atoms in total. The molecule has 1 aromatic carbocycles. The van der Waals surface area contributed by atoms with E-state index in [0.29, 0.717) is 24.2 Å². The largest absolute Gasteiger partial charge is 0.357 e. The minimum atomic E-state index is -0.353. The van der Waals surface area contributed by atoms with E-state index in [2.05, 4.69) is 20.1 Å². The third-order valence-electron chi connectivity index (χ3n) is 5.40. The second-order valence-corrected chi connectivity index (χ2v) is 7.44. The Labute approximate surface area is 171 Å². The number of rotatable bonds is 5. The van der Waals surface area contributed by atoms with Crippen molar-refractivity contribution in [1.29, 1.82) is 5.26 Å². The summed E-state index contributed by atoms with van der Waals surface area (Å²) in [5, 5.41) is 12.3. The predicted molar refractivity (Wildman–Crippen MR) is 110 cm³/mol. The molecule has 0 saturated carbocycles. The first kappa shape index (κ1) is 21.1. The molecule has 156 valence electrons. The molecule has 2 aliphatic heterocycles. The number of hydrogen-bond donors (Lipinski definition) is 1. The summed E-state index contributed by atoms with van der Waals surface area (Å²) < 4.78 is 14.0. The number of likely N-dealkylation sites (tertiary alicyclic amines) is 1. The topological polar surface area (TPSA) is 75.0 Å². The van der Waals surface area contributed by atoms with Gasteiger partial charge in [-0.05, 0) is 38.0 Å². The highest BCUT2D eigenvalue weighted by atomic mass is 19.1. The van der Waals surface area contributed by atoms with Gasteiger partial charge >= 0.3 is 0 Å². The first-order valence-corrected chi connectivity index (χ1v) is 10.3. The van der Waals surface area contributed by atoms with Crippen molar-refractivity contribution in [1.82, 2.24) is 20.0 Å². The fourth-order valence-corrected chi connectivity index (χ4v) is 3.73. The summed E-state index contributed by atoms with van der Waals surface area (Å²) in [5.41, 5.74) is 0.840. The van der Waals surface area contributed by atoms with E-state index in [1.807, 2.05) is 17.9 Å². The molecule has 0 spiro atoms. The van der Waals surface area contributed by atoms with Gasteiger partial charge in [-0.15, -0.1) is 0 Å². The molecule has 0 bridgehead atoms. The van der Waals surface area contributed by atoms with Crippen molar-refractivity contribution < 1.29 is 9.18 Å². The van der Waals surface area contributed by atoms with Crippen LogP contribution in [0.2, 0.25) is 0 Å². The van der Waals surface area contributed by atoms with Gasteiger partial charge in [0.15, 0.2) is 5.96 Å². The van der Waals surface area contributed by atoms with E-state index >= 15 is 0 Å². The molecule has 2 heterocycles. The molecule has 2 aliphatic rings. The Morgan fingerprint density at radius 2 is 1.90 bits per heavy atom. The summed E-state index contributed by atoms with van der Waals surface area (Å²) in [7, 11) is 0. The van der Waals surface area contributed by atoms with Crippen molar-refractivity contribution in [2.24, 2.45) is 4.99 Å². The van der Waals surface area contributed by atoms with Crippen molar-refractivity contribution in [3.8, 4) is 6.07 Å².